The number of carboxylic acid groups (broad SMARTS) is 1. The molecule has 2 N–H and O–H groups in total. The van der Waals surface area contributed by atoms with E-state index in [1.807, 2.05) is 0 Å². The quantitative estimate of drug-likeness (QED) is 0.357. The summed E-state index contributed by atoms with van der Waals surface area (Å²) in [4.78, 5) is 10.7. The minimum atomic E-state index is -1.01. The van der Waals surface area contributed by atoms with Crippen LogP contribution in [0.2, 0.25) is 0 Å². The summed E-state index contributed by atoms with van der Waals surface area (Å²) in [5, 5.41) is 19.1. The second-order valence-electron chi connectivity index (χ2n) is 3.25. The first kappa shape index (κ1) is 13.1. The maximum atomic E-state index is 10.7. The summed E-state index contributed by atoms with van der Waals surface area (Å²) in [5.41, 5.74) is 0. The van der Waals surface area contributed by atoms with E-state index in [2.05, 4.69) is 13.5 Å². The second-order valence-corrected chi connectivity index (χ2v) is 3.25. The van der Waals surface area contributed by atoms with Gasteiger partial charge in [0.25, 0.3) is 0 Å². The van der Waals surface area contributed by atoms with Crippen LogP contribution in [-0.4, -0.2) is 33.9 Å². The molecule has 1 unspecified atom stereocenters. The minimum Gasteiger partial charge on any atom is -0.480 e. The first-order chi connectivity index (χ1) is 6.63. The molecule has 1 atom stereocenters. The van der Waals surface area contributed by atoms with Crippen LogP contribution in [0.25, 0.3) is 0 Å². The molecule has 0 radical (unpaired) electrons. The molecule has 0 bridgehead atoms. The van der Waals surface area contributed by atoms with Gasteiger partial charge in [0.15, 0.2) is 0 Å². The molecule has 4 nitrogen and oxygen atoms in total. The first-order valence-electron chi connectivity index (χ1n) is 4.92. The van der Waals surface area contributed by atoms with Gasteiger partial charge in [0, 0.05) is 6.54 Å². The lowest BCUT2D eigenvalue weighted by Gasteiger charge is -2.21. The van der Waals surface area contributed by atoms with Gasteiger partial charge in [0.1, 0.15) is 6.04 Å². The zero-order chi connectivity index (χ0) is 11.0. The highest BCUT2D eigenvalue weighted by atomic mass is 16.5. The zero-order valence-electron chi connectivity index (χ0n) is 8.65. The van der Waals surface area contributed by atoms with Gasteiger partial charge in [-0.1, -0.05) is 25.8 Å². The summed E-state index contributed by atoms with van der Waals surface area (Å²) in [6.45, 7) is 5.92. The zero-order valence-corrected chi connectivity index (χ0v) is 8.65. The fourth-order valence-corrected chi connectivity index (χ4v) is 1.19. The molecule has 0 aliphatic rings. The number of rotatable bonds is 8. The van der Waals surface area contributed by atoms with Crippen LogP contribution in [0.15, 0.2) is 12.7 Å². The van der Waals surface area contributed by atoms with Crippen LogP contribution in [0, 0.1) is 0 Å². The Balaban J connectivity index is 3.94. The predicted molar refractivity (Wildman–Crippen MR) is 54.3 cm³/mol. The fourth-order valence-electron chi connectivity index (χ4n) is 1.19. The Labute approximate surface area is 84.8 Å². The van der Waals surface area contributed by atoms with Gasteiger partial charge in [-0.2, -0.15) is 5.06 Å². The lowest BCUT2D eigenvalue weighted by molar-refractivity contribution is -0.169. The third-order valence-corrected chi connectivity index (χ3v) is 2.03. The summed E-state index contributed by atoms with van der Waals surface area (Å²) < 4.78 is 0. The van der Waals surface area contributed by atoms with Gasteiger partial charge in [0.05, 0.1) is 0 Å². The van der Waals surface area contributed by atoms with Crippen LogP contribution < -0.4 is 0 Å². The Morgan fingerprint density at radius 1 is 1.57 bits per heavy atom. The lowest BCUT2D eigenvalue weighted by atomic mass is 10.2. The Morgan fingerprint density at radius 3 is 2.64 bits per heavy atom. The van der Waals surface area contributed by atoms with Crippen molar-refractivity contribution in [2.45, 2.75) is 38.6 Å². The summed E-state index contributed by atoms with van der Waals surface area (Å²) in [6.07, 6.45) is 4.62. The highest BCUT2D eigenvalue weighted by molar-refractivity contribution is 5.73. The van der Waals surface area contributed by atoms with Gasteiger partial charge >= 0.3 is 5.97 Å². The number of carbonyl (C=O) groups is 1. The molecular formula is C10H19NO3. The lowest BCUT2D eigenvalue weighted by Crippen LogP contribution is -2.39. The van der Waals surface area contributed by atoms with Crippen LogP contribution in [0.4, 0.5) is 0 Å². The fraction of sp³-hybridized carbons (Fsp3) is 0.700. The third kappa shape index (κ3) is 4.99. The van der Waals surface area contributed by atoms with Crippen LogP contribution in [0.1, 0.15) is 32.6 Å². The number of hydrogen-bond donors (Lipinski definition) is 2. The average Bonchev–Trinajstić information content (AvgIpc) is 2.13. The SMILES string of the molecule is C=CCC(C(=O)O)N(O)CCCCC. The average molecular weight is 201 g/mol. The van der Waals surface area contributed by atoms with Gasteiger partial charge in [-0.15, -0.1) is 6.58 Å². The first-order valence-corrected chi connectivity index (χ1v) is 4.92. The minimum absolute atomic E-state index is 0.262. The Bertz CT molecular complexity index is 182. The summed E-state index contributed by atoms with van der Waals surface area (Å²) >= 11 is 0. The summed E-state index contributed by atoms with van der Waals surface area (Å²) in [6, 6.07) is -0.857. The molecule has 0 amide bonds. The summed E-state index contributed by atoms with van der Waals surface area (Å²) in [5.74, 6) is -1.01. The number of nitrogens with zero attached hydrogens (tertiary/aromatic N) is 1. The van der Waals surface area contributed by atoms with E-state index in [0.29, 0.717) is 6.54 Å². The normalized spacial score (nSPS) is 12.8. The molecule has 0 aromatic rings. The highest BCUT2D eigenvalue weighted by Crippen LogP contribution is 2.05. The summed E-state index contributed by atoms with van der Waals surface area (Å²) in [7, 11) is 0. The number of unbranched alkanes of at least 4 members (excludes halogenated alkanes) is 2. The van der Waals surface area contributed by atoms with E-state index in [9.17, 15) is 10.0 Å². The molecule has 0 saturated carbocycles. The molecule has 0 aliphatic carbocycles. The molecule has 14 heavy (non-hydrogen) atoms. The van der Waals surface area contributed by atoms with Crippen molar-refractivity contribution in [1.29, 1.82) is 0 Å². The van der Waals surface area contributed by atoms with Crippen LogP contribution >= 0.6 is 0 Å². The number of hydrogen-bond acceptors (Lipinski definition) is 3. The van der Waals surface area contributed by atoms with Crippen molar-refractivity contribution in [3.63, 3.8) is 0 Å². The maximum absolute atomic E-state index is 10.7. The molecule has 0 spiro atoms. The molecule has 0 rings (SSSR count). The van der Waals surface area contributed by atoms with E-state index in [1.54, 1.807) is 0 Å². The van der Waals surface area contributed by atoms with Gasteiger partial charge < -0.3 is 10.3 Å². The monoisotopic (exact) mass is 201 g/mol. The van der Waals surface area contributed by atoms with E-state index < -0.39 is 12.0 Å². The van der Waals surface area contributed by atoms with Crippen molar-refractivity contribution in [3.8, 4) is 0 Å². The van der Waals surface area contributed by atoms with Crippen LogP contribution in [-0.2, 0) is 4.79 Å². The topological polar surface area (TPSA) is 60.8 Å². The van der Waals surface area contributed by atoms with Crippen LogP contribution in [0.3, 0.4) is 0 Å². The predicted octanol–water partition coefficient (Wildman–Crippen LogP) is 1.90. The molecule has 4 heteroatoms. The largest absolute Gasteiger partial charge is 0.480 e. The van der Waals surface area contributed by atoms with Crippen molar-refractivity contribution in [3.05, 3.63) is 12.7 Å². The van der Waals surface area contributed by atoms with Gasteiger partial charge in [0.2, 0.25) is 0 Å². The molecule has 0 fully saturated rings. The number of carboxylic acids is 1. The van der Waals surface area contributed by atoms with Gasteiger partial charge in [-0.25, -0.2) is 0 Å². The maximum Gasteiger partial charge on any atom is 0.323 e. The number of aliphatic carboxylic acids is 1. The van der Waals surface area contributed by atoms with Crippen molar-refractivity contribution < 1.29 is 15.1 Å². The Kier molecular flexibility index (Phi) is 7.06. The van der Waals surface area contributed by atoms with Crippen molar-refractivity contribution in [1.82, 2.24) is 5.06 Å². The van der Waals surface area contributed by atoms with Crippen LogP contribution in [0.5, 0.6) is 0 Å². The molecule has 0 saturated heterocycles. The number of hydroxylamine groups is 2. The molecule has 82 valence electrons. The third-order valence-electron chi connectivity index (χ3n) is 2.03. The van der Waals surface area contributed by atoms with E-state index in [1.165, 1.54) is 6.08 Å². The van der Waals surface area contributed by atoms with E-state index in [-0.39, 0.29) is 6.42 Å². The van der Waals surface area contributed by atoms with Crippen molar-refractivity contribution in [2.24, 2.45) is 0 Å². The Morgan fingerprint density at radius 2 is 2.21 bits per heavy atom. The van der Waals surface area contributed by atoms with E-state index in [0.717, 1.165) is 24.3 Å². The molecule has 0 aromatic carbocycles. The molecule has 0 aromatic heterocycles. The van der Waals surface area contributed by atoms with E-state index in [4.69, 9.17) is 5.11 Å². The Hall–Kier alpha value is -0.870. The van der Waals surface area contributed by atoms with E-state index >= 15 is 0 Å². The molecule has 0 aliphatic heterocycles. The smallest absolute Gasteiger partial charge is 0.323 e. The standard InChI is InChI=1S/C10H19NO3/c1-3-5-6-8-11(14)9(7-4-2)10(12)13/h4,9,14H,2-3,5-8H2,1H3,(H,12,13). The van der Waals surface area contributed by atoms with Gasteiger partial charge in [-0.05, 0) is 12.8 Å². The van der Waals surface area contributed by atoms with Crippen molar-refractivity contribution in [2.75, 3.05) is 6.54 Å². The van der Waals surface area contributed by atoms with Gasteiger partial charge in [-0.3, -0.25) is 4.79 Å². The highest BCUT2D eigenvalue weighted by Gasteiger charge is 2.22. The molecule has 0 heterocycles. The molecular weight excluding hydrogens is 182 g/mol. The van der Waals surface area contributed by atoms with Crippen molar-refractivity contribution >= 4 is 5.97 Å². The second kappa shape index (κ2) is 7.53.